The molecule has 0 spiro atoms. The van der Waals surface area contributed by atoms with E-state index in [9.17, 15) is 8.42 Å². The fourth-order valence-electron chi connectivity index (χ4n) is 3.47. The van der Waals surface area contributed by atoms with Crippen molar-refractivity contribution >= 4 is 10.0 Å². The number of benzene rings is 3. The second kappa shape index (κ2) is 6.40. The maximum absolute atomic E-state index is 12.1. The van der Waals surface area contributed by atoms with Crippen molar-refractivity contribution in [2.45, 2.75) is 18.7 Å². The molecule has 0 fully saturated rings. The summed E-state index contributed by atoms with van der Waals surface area (Å²) in [5.74, 6) is 1.23. The van der Waals surface area contributed by atoms with Gasteiger partial charge in [-0.15, -0.1) is 0 Å². The number of sulfonamides is 1. The smallest absolute Gasteiger partial charge is 0.238 e. The highest BCUT2D eigenvalue weighted by Gasteiger charge is 2.23. The van der Waals surface area contributed by atoms with E-state index in [0.29, 0.717) is 17.1 Å². The van der Waals surface area contributed by atoms with Crippen LogP contribution in [-0.2, 0) is 10.0 Å². The van der Waals surface area contributed by atoms with Crippen molar-refractivity contribution in [3.8, 4) is 33.8 Å². The van der Waals surface area contributed by atoms with E-state index in [0.717, 1.165) is 27.8 Å². The van der Waals surface area contributed by atoms with Crippen LogP contribution in [0.1, 0.15) is 11.1 Å². The van der Waals surface area contributed by atoms with Crippen LogP contribution in [0.3, 0.4) is 0 Å². The quantitative estimate of drug-likeness (QED) is 0.743. The van der Waals surface area contributed by atoms with E-state index in [1.807, 2.05) is 26.0 Å². The number of hydrogen-bond acceptors (Lipinski definition) is 4. The number of fused-ring (bicyclic) bond motifs is 1. The minimum absolute atomic E-state index is 0.0782. The largest absolute Gasteiger partial charge is 0.454 e. The minimum Gasteiger partial charge on any atom is -0.454 e. The summed E-state index contributed by atoms with van der Waals surface area (Å²) in [5, 5.41) is 5.46. The van der Waals surface area contributed by atoms with Crippen LogP contribution >= 0.6 is 0 Å². The van der Waals surface area contributed by atoms with Crippen molar-refractivity contribution in [3.63, 3.8) is 0 Å². The van der Waals surface area contributed by atoms with E-state index in [1.54, 1.807) is 18.2 Å². The lowest BCUT2D eigenvalue weighted by Crippen LogP contribution is -2.13. The van der Waals surface area contributed by atoms with Crippen LogP contribution in [0.15, 0.2) is 59.5 Å². The average molecular weight is 381 g/mol. The fraction of sp³-hybridized carbons (Fsp3) is 0.143. The van der Waals surface area contributed by atoms with Crippen LogP contribution in [-0.4, -0.2) is 15.2 Å². The Balaban J connectivity index is 2.05. The summed E-state index contributed by atoms with van der Waals surface area (Å²) < 4.78 is 35.3. The maximum Gasteiger partial charge on any atom is 0.238 e. The molecule has 27 heavy (non-hydrogen) atoms. The van der Waals surface area contributed by atoms with Crippen LogP contribution in [0.2, 0.25) is 0 Å². The predicted octanol–water partition coefficient (Wildman–Crippen LogP) is 4.01. The summed E-state index contributed by atoms with van der Waals surface area (Å²) in [6.07, 6.45) is 0. The van der Waals surface area contributed by atoms with E-state index in [-0.39, 0.29) is 11.7 Å². The molecule has 0 aromatic heterocycles. The fourth-order valence-corrected chi connectivity index (χ4v) is 4.22. The molecule has 2 N–H and O–H groups in total. The van der Waals surface area contributed by atoms with Crippen molar-refractivity contribution in [2.75, 3.05) is 6.79 Å². The number of nitrogens with two attached hydrogens (primary N) is 1. The van der Waals surface area contributed by atoms with Crippen molar-refractivity contribution < 1.29 is 17.9 Å². The number of primary sulfonamides is 1. The molecule has 1 heterocycles. The van der Waals surface area contributed by atoms with Crippen molar-refractivity contribution in [1.82, 2.24) is 0 Å². The number of aryl methyl sites for hydroxylation is 2. The van der Waals surface area contributed by atoms with E-state index >= 15 is 0 Å². The van der Waals surface area contributed by atoms with Gasteiger partial charge >= 0.3 is 0 Å². The zero-order chi connectivity index (χ0) is 19.2. The van der Waals surface area contributed by atoms with Gasteiger partial charge in [-0.05, 0) is 48.7 Å². The summed E-state index contributed by atoms with van der Waals surface area (Å²) >= 11 is 0. The van der Waals surface area contributed by atoms with E-state index in [4.69, 9.17) is 14.6 Å². The highest BCUT2D eigenvalue weighted by Crippen LogP contribution is 2.44. The third kappa shape index (κ3) is 3.29. The van der Waals surface area contributed by atoms with Gasteiger partial charge in [0.25, 0.3) is 0 Å². The lowest BCUT2D eigenvalue weighted by atomic mass is 9.92. The highest BCUT2D eigenvalue weighted by atomic mass is 32.2. The van der Waals surface area contributed by atoms with Crippen LogP contribution < -0.4 is 14.6 Å². The second-order valence-corrected chi connectivity index (χ2v) is 8.20. The summed E-state index contributed by atoms with van der Waals surface area (Å²) in [6.45, 7) is 4.20. The second-order valence-electron chi connectivity index (χ2n) is 6.67. The molecule has 3 aromatic rings. The van der Waals surface area contributed by atoms with Gasteiger partial charge in [0.1, 0.15) is 0 Å². The molecular weight excluding hydrogens is 362 g/mol. The van der Waals surface area contributed by atoms with Gasteiger partial charge in [0.2, 0.25) is 16.8 Å². The van der Waals surface area contributed by atoms with Crippen LogP contribution in [0.4, 0.5) is 0 Å². The Morgan fingerprint density at radius 2 is 1.41 bits per heavy atom. The third-order valence-electron chi connectivity index (χ3n) is 4.53. The molecule has 0 radical (unpaired) electrons. The molecule has 6 heteroatoms. The van der Waals surface area contributed by atoms with Crippen LogP contribution in [0, 0.1) is 13.8 Å². The van der Waals surface area contributed by atoms with Gasteiger partial charge in [0, 0.05) is 5.56 Å². The average Bonchev–Trinajstić information content (AvgIpc) is 3.06. The monoisotopic (exact) mass is 381 g/mol. The Hall–Kier alpha value is -2.83. The molecular formula is C21H19NO4S. The SMILES string of the molecule is Cc1cc(C)cc(-c2cc3c(cc2-c2ccccc2S(N)(=O)=O)OCO3)c1. The van der Waals surface area contributed by atoms with Crippen molar-refractivity contribution in [2.24, 2.45) is 5.14 Å². The molecule has 0 unspecified atom stereocenters. The highest BCUT2D eigenvalue weighted by molar-refractivity contribution is 7.89. The Labute approximate surface area is 158 Å². The normalized spacial score (nSPS) is 13.0. The van der Waals surface area contributed by atoms with Crippen LogP contribution in [0.25, 0.3) is 22.3 Å². The molecule has 0 saturated carbocycles. The molecule has 0 atom stereocenters. The summed E-state index contributed by atoms with van der Waals surface area (Å²) in [4.78, 5) is 0.0782. The Morgan fingerprint density at radius 3 is 2.04 bits per heavy atom. The first kappa shape index (κ1) is 17.6. The lowest BCUT2D eigenvalue weighted by molar-refractivity contribution is 0.174. The summed E-state index contributed by atoms with van der Waals surface area (Å²) in [6, 6.07) is 16.7. The van der Waals surface area contributed by atoms with Crippen LogP contribution in [0.5, 0.6) is 11.5 Å². The van der Waals surface area contributed by atoms with E-state index in [1.165, 1.54) is 6.07 Å². The number of rotatable bonds is 3. The predicted molar refractivity (Wildman–Crippen MR) is 104 cm³/mol. The number of ether oxygens (including phenoxy) is 2. The number of hydrogen-bond donors (Lipinski definition) is 1. The maximum atomic E-state index is 12.1. The van der Waals surface area contributed by atoms with Gasteiger partial charge in [-0.1, -0.05) is 47.5 Å². The van der Waals surface area contributed by atoms with Crippen molar-refractivity contribution in [3.05, 3.63) is 65.7 Å². The molecule has 1 aliphatic rings. The first-order valence-electron chi connectivity index (χ1n) is 8.47. The molecule has 1 aliphatic heterocycles. The third-order valence-corrected chi connectivity index (χ3v) is 5.50. The zero-order valence-corrected chi connectivity index (χ0v) is 15.8. The molecule has 138 valence electrons. The zero-order valence-electron chi connectivity index (χ0n) is 15.0. The molecule has 5 nitrogen and oxygen atoms in total. The molecule has 0 aliphatic carbocycles. The van der Waals surface area contributed by atoms with Gasteiger partial charge in [0.15, 0.2) is 11.5 Å². The van der Waals surface area contributed by atoms with Crippen molar-refractivity contribution in [1.29, 1.82) is 0 Å². The van der Waals surface area contributed by atoms with Gasteiger partial charge in [0.05, 0.1) is 4.90 Å². The molecule has 0 bridgehead atoms. The Morgan fingerprint density at radius 1 is 0.815 bits per heavy atom. The Bertz CT molecular complexity index is 1130. The lowest BCUT2D eigenvalue weighted by Gasteiger charge is -2.15. The molecule has 0 saturated heterocycles. The Kier molecular flexibility index (Phi) is 4.17. The van der Waals surface area contributed by atoms with Gasteiger partial charge in [-0.3, -0.25) is 0 Å². The molecule has 0 amide bonds. The summed E-state index contributed by atoms with van der Waals surface area (Å²) in [7, 11) is -3.88. The first-order chi connectivity index (χ1) is 12.8. The van der Waals surface area contributed by atoms with Gasteiger partial charge in [-0.25, -0.2) is 13.6 Å². The molecule has 4 rings (SSSR count). The summed E-state index contributed by atoms with van der Waals surface area (Å²) in [5.41, 5.74) is 5.34. The topological polar surface area (TPSA) is 78.6 Å². The minimum atomic E-state index is -3.88. The van der Waals surface area contributed by atoms with E-state index in [2.05, 4.69) is 18.2 Å². The first-order valence-corrected chi connectivity index (χ1v) is 10.0. The van der Waals surface area contributed by atoms with Gasteiger partial charge < -0.3 is 9.47 Å². The van der Waals surface area contributed by atoms with E-state index < -0.39 is 10.0 Å². The van der Waals surface area contributed by atoms with Gasteiger partial charge in [-0.2, -0.15) is 0 Å². The molecule has 3 aromatic carbocycles. The standard InChI is InChI=1S/C21H19NO4S/c1-13-7-14(2)9-15(8-13)17-10-19-20(26-12-25-19)11-18(17)16-5-3-4-6-21(16)27(22,23)24/h3-11H,12H2,1-2H3,(H2,22,23,24).